The van der Waals surface area contributed by atoms with Crippen LogP contribution in [0.5, 0.6) is 0 Å². The number of nitrogens with two attached hydrogens (primary N) is 2. The summed E-state index contributed by atoms with van der Waals surface area (Å²) in [7, 11) is 0. The van der Waals surface area contributed by atoms with Crippen LogP contribution >= 0.6 is 0 Å². The van der Waals surface area contributed by atoms with E-state index in [2.05, 4.69) is 0 Å². The number of rotatable bonds is 6. The van der Waals surface area contributed by atoms with Gasteiger partial charge in [0.05, 0.1) is 0 Å². The Morgan fingerprint density at radius 1 is 0.958 bits per heavy atom. The lowest BCUT2D eigenvalue weighted by Gasteiger charge is -2.57. The molecule has 0 unspecified atom stereocenters. The van der Waals surface area contributed by atoms with E-state index in [1.807, 2.05) is 6.92 Å². The number of nitrogens with zero attached hydrogens (tertiary/aromatic N) is 1. The van der Waals surface area contributed by atoms with Gasteiger partial charge < -0.3 is 16.4 Å². The van der Waals surface area contributed by atoms with Gasteiger partial charge in [-0.25, -0.2) is 0 Å². The molecule has 0 aliphatic heterocycles. The number of hydrogen-bond acceptors (Lipinski definition) is 3. The van der Waals surface area contributed by atoms with Gasteiger partial charge in [-0.1, -0.05) is 5.57 Å². The minimum Gasteiger partial charge on any atom is -0.368 e. The lowest BCUT2D eigenvalue weighted by molar-refractivity contribution is -0.134. The SMILES string of the molecule is CC(=CC(=O)N(CC(N)=O)CC(N)=O)C12CC3CC(CC(C3)C1)C2. The minimum absolute atomic E-state index is 0.134. The Hall–Kier alpha value is -1.85. The molecule has 0 aromatic heterocycles. The summed E-state index contributed by atoms with van der Waals surface area (Å²) in [4.78, 5) is 36.0. The Bertz CT molecular complexity index is 545. The van der Waals surface area contributed by atoms with Crippen molar-refractivity contribution in [1.29, 1.82) is 0 Å². The number of hydrogen-bond donors (Lipinski definition) is 2. The van der Waals surface area contributed by atoms with Crippen molar-refractivity contribution >= 4 is 17.7 Å². The predicted molar refractivity (Wildman–Crippen MR) is 89.3 cm³/mol. The fraction of sp³-hybridized carbons (Fsp3) is 0.722. The van der Waals surface area contributed by atoms with Crippen LogP contribution in [-0.2, 0) is 14.4 Å². The van der Waals surface area contributed by atoms with Crippen LogP contribution in [0.3, 0.4) is 0 Å². The maximum absolute atomic E-state index is 12.6. The van der Waals surface area contributed by atoms with Gasteiger partial charge in [0.25, 0.3) is 0 Å². The van der Waals surface area contributed by atoms with E-state index >= 15 is 0 Å². The Balaban J connectivity index is 1.77. The van der Waals surface area contributed by atoms with E-state index in [0.29, 0.717) is 0 Å². The van der Waals surface area contributed by atoms with E-state index in [9.17, 15) is 14.4 Å². The highest BCUT2D eigenvalue weighted by Crippen LogP contribution is 2.62. The molecule has 0 radical (unpaired) electrons. The van der Waals surface area contributed by atoms with Crippen LogP contribution in [0.4, 0.5) is 0 Å². The molecule has 6 nitrogen and oxygen atoms in total. The lowest BCUT2D eigenvalue weighted by atomic mass is 9.48. The zero-order chi connectivity index (χ0) is 17.5. The predicted octanol–water partition coefficient (Wildman–Crippen LogP) is 0.948. The van der Waals surface area contributed by atoms with Crippen molar-refractivity contribution in [1.82, 2.24) is 4.90 Å². The van der Waals surface area contributed by atoms with Gasteiger partial charge in [-0.05, 0) is 68.6 Å². The van der Waals surface area contributed by atoms with Crippen LogP contribution in [-0.4, -0.2) is 35.7 Å². The van der Waals surface area contributed by atoms with Gasteiger partial charge in [0.15, 0.2) is 0 Å². The molecule has 0 aromatic carbocycles. The smallest absolute Gasteiger partial charge is 0.247 e. The Morgan fingerprint density at radius 2 is 1.38 bits per heavy atom. The summed E-state index contributed by atoms with van der Waals surface area (Å²) < 4.78 is 0. The highest BCUT2D eigenvalue weighted by molar-refractivity contribution is 5.94. The number of amides is 3. The van der Waals surface area contributed by atoms with Crippen LogP contribution in [0.25, 0.3) is 0 Å². The van der Waals surface area contributed by atoms with Gasteiger partial charge in [-0.2, -0.15) is 0 Å². The Morgan fingerprint density at radius 3 is 1.75 bits per heavy atom. The van der Waals surface area contributed by atoms with Crippen LogP contribution in [0.1, 0.15) is 45.4 Å². The molecule has 4 aliphatic rings. The van der Waals surface area contributed by atoms with E-state index in [1.54, 1.807) is 6.08 Å². The fourth-order valence-corrected chi connectivity index (χ4v) is 5.61. The third-order valence-corrected chi connectivity index (χ3v) is 6.22. The molecule has 0 aromatic rings. The molecule has 0 spiro atoms. The van der Waals surface area contributed by atoms with Crippen LogP contribution in [0.2, 0.25) is 0 Å². The number of primary amides is 2. The first-order chi connectivity index (χ1) is 11.3. The number of carbonyl (C=O) groups excluding carboxylic acids is 3. The highest BCUT2D eigenvalue weighted by Gasteiger charge is 2.51. The maximum atomic E-state index is 12.6. The topological polar surface area (TPSA) is 106 Å². The molecule has 132 valence electrons. The third-order valence-electron chi connectivity index (χ3n) is 6.22. The Kier molecular flexibility index (Phi) is 4.40. The molecule has 4 fully saturated rings. The second kappa shape index (κ2) is 6.22. The van der Waals surface area contributed by atoms with E-state index in [0.717, 1.165) is 28.2 Å². The van der Waals surface area contributed by atoms with Crippen molar-refractivity contribution in [3.8, 4) is 0 Å². The van der Waals surface area contributed by atoms with Crippen molar-refractivity contribution in [3.63, 3.8) is 0 Å². The molecule has 4 aliphatic carbocycles. The molecular weight excluding hydrogens is 306 g/mol. The molecule has 0 heterocycles. The average Bonchev–Trinajstić information content (AvgIpc) is 2.43. The van der Waals surface area contributed by atoms with E-state index in [1.165, 1.54) is 38.5 Å². The third kappa shape index (κ3) is 3.32. The van der Waals surface area contributed by atoms with Crippen molar-refractivity contribution in [2.24, 2.45) is 34.6 Å². The second-order valence-corrected chi connectivity index (χ2v) is 8.15. The van der Waals surface area contributed by atoms with Crippen LogP contribution < -0.4 is 11.5 Å². The normalized spacial score (nSPS) is 34.2. The molecule has 6 heteroatoms. The molecular formula is C18H27N3O3. The Labute approximate surface area is 142 Å². The summed E-state index contributed by atoms with van der Waals surface area (Å²) in [6, 6.07) is 0. The van der Waals surface area contributed by atoms with Crippen molar-refractivity contribution in [2.45, 2.75) is 45.4 Å². The standard InChI is InChI=1S/C18H27N3O3/c1-11(2-17(24)21(9-15(19)22)10-16(20)23)18-6-12-3-13(7-18)5-14(4-12)8-18/h2,12-14H,3-10H2,1H3,(H2,19,22)(H2,20,23). The van der Waals surface area contributed by atoms with Gasteiger partial charge in [0, 0.05) is 6.08 Å². The largest absolute Gasteiger partial charge is 0.368 e. The molecule has 0 atom stereocenters. The first-order valence-corrected chi connectivity index (χ1v) is 8.82. The molecule has 4 saturated carbocycles. The molecule has 0 saturated heterocycles. The minimum atomic E-state index is -0.648. The summed E-state index contributed by atoms with van der Waals surface area (Å²) in [6.45, 7) is 1.45. The summed E-state index contributed by atoms with van der Waals surface area (Å²) in [6.07, 6.45) is 9.14. The van der Waals surface area contributed by atoms with Crippen molar-refractivity contribution < 1.29 is 14.4 Å². The van der Waals surface area contributed by atoms with Crippen LogP contribution in [0, 0.1) is 23.2 Å². The molecule has 3 amide bonds. The number of carbonyl (C=O) groups is 3. The first-order valence-electron chi connectivity index (χ1n) is 8.82. The molecule has 4 N–H and O–H groups in total. The first kappa shape index (κ1) is 17.0. The summed E-state index contributed by atoms with van der Waals surface area (Å²) in [5.41, 5.74) is 11.6. The van der Waals surface area contributed by atoms with Crippen molar-refractivity contribution in [2.75, 3.05) is 13.1 Å². The maximum Gasteiger partial charge on any atom is 0.247 e. The number of allylic oxidation sites excluding steroid dienone is 1. The second-order valence-electron chi connectivity index (χ2n) is 8.15. The molecule has 24 heavy (non-hydrogen) atoms. The van der Waals surface area contributed by atoms with Crippen LogP contribution in [0.15, 0.2) is 11.6 Å². The summed E-state index contributed by atoms with van der Waals surface area (Å²) >= 11 is 0. The van der Waals surface area contributed by atoms with E-state index in [-0.39, 0.29) is 24.4 Å². The van der Waals surface area contributed by atoms with Gasteiger partial charge in [0.2, 0.25) is 17.7 Å². The average molecular weight is 333 g/mol. The zero-order valence-electron chi connectivity index (χ0n) is 14.3. The lowest BCUT2D eigenvalue weighted by Crippen LogP contribution is -2.47. The van der Waals surface area contributed by atoms with Crippen molar-refractivity contribution in [3.05, 3.63) is 11.6 Å². The summed E-state index contributed by atoms with van der Waals surface area (Å²) in [5, 5.41) is 0. The van der Waals surface area contributed by atoms with Gasteiger partial charge in [-0.15, -0.1) is 0 Å². The monoisotopic (exact) mass is 333 g/mol. The van der Waals surface area contributed by atoms with Gasteiger partial charge in [0.1, 0.15) is 13.1 Å². The molecule has 4 rings (SSSR count). The van der Waals surface area contributed by atoms with Gasteiger partial charge >= 0.3 is 0 Å². The van der Waals surface area contributed by atoms with E-state index < -0.39 is 11.8 Å². The summed E-state index contributed by atoms with van der Waals surface area (Å²) in [5.74, 6) is 0.739. The highest BCUT2D eigenvalue weighted by atomic mass is 16.2. The fourth-order valence-electron chi connectivity index (χ4n) is 5.61. The van der Waals surface area contributed by atoms with E-state index in [4.69, 9.17) is 11.5 Å². The molecule has 4 bridgehead atoms. The quantitative estimate of drug-likeness (QED) is 0.707. The zero-order valence-corrected chi connectivity index (χ0v) is 14.3. The van der Waals surface area contributed by atoms with Gasteiger partial charge in [-0.3, -0.25) is 14.4 Å².